The molecule has 2 atom stereocenters. The highest BCUT2D eigenvalue weighted by molar-refractivity contribution is 5.34. The van der Waals surface area contributed by atoms with Crippen LogP contribution in [0, 0.1) is 12.8 Å². The normalized spacial score (nSPS) is 28.2. The summed E-state index contributed by atoms with van der Waals surface area (Å²) < 4.78 is 36.1. The molecule has 4 heteroatoms. The number of benzene rings is 1. The molecule has 0 bridgehead atoms. The van der Waals surface area contributed by atoms with Gasteiger partial charge in [0.2, 0.25) is 0 Å². The fourth-order valence-corrected chi connectivity index (χ4v) is 2.28. The van der Waals surface area contributed by atoms with E-state index in [2.05, 4.69) is 0 Å². The average Bonchev–Trinajstić information content (AvgIpc) is 2.88. The van der Waals surface area contributed by atoms with Gasteiger partial charge >= 0.3 is 6.30 Å². The van der Waals surface area contributed by atoms with Crippen LogP contribution in [-0.2, 0) is 5.41 Å². The predicted molar refractivity (Wildman–Crippen MR) is 60.7 cm³/mol. The van der Waals surface area contributed by atoms with Gasteiger partial charge < -0.3 is 0 Å². The van der Waals surface area contributed by atoms with Crippen LogP contribution in [0.4, 0.5) is 13.2 Å². The summed E-state index contributed by atoms with van der Waals surface area (Å²) in [6, 6.07) is 8.05. The Labute approximate surface area is 99.0 Å². The second kappa shape index (κ2) is 4.02. The van der Waals surface area contributed by atoms with Gasteiger partial charge in [-0.05, 0) is 30.2 Å². The zero-order valence-corrected chi connectivity index (χ0v) is 9.93. The lowest BCUT2D eigenvalue weighted by molar-refractivity contribution is -0.157. The second-order valence-electron chi connectivity index (χ2n) is 5.06. The molecule has 1 aliphatic carbocycles. The van der Waals surface area contributed by atoms with Crippen molar-refractivity contribution in [2.45, 2.75) is 32.0 Å². The van der Waals surface area contributed by atoms with E-state index in [1.807, 2.05) is 38.1 Å². The standard InChI is InChI=1S/C13H16F3N/c1-9-3-5-10(6-4-9)12(2)7-11(12)8-17-13(14,15)16/h3-6,11,17H,7-8H2,1-2H3. The summed E-state index contributed by atoms with van der Waals surface area (Å²) in [5, 5.41) is 1.62. The molecule has 0 aliphatic heterocycles. The first-order valence-electron chi connectivity index (χ1n) is 5.70. The number of hydrogen-bond donors (Lipinski definition) is 1. The molecule has 1 aromatic carbocycles. The first-order valence-corrected chi connectivity index (χ1v) is 5.70. The average molecular weight is 243 g/mol. The molecule has 17 heavy (non-hydrogen) atoms. The molecular formula is C13H16F3N. The van der Waals surface area contributed by atoms with Gasteiger partial charge in [-0.25, -0.2) is 5.32 Å². The van der Waals surface area contributed by atoms with E-state index < -0.39 is 6.30 Å². The van der Waals surface area contributed by atoms with Crippen LogP contribution in [0.1, 0.15) is 24.5 Å². The van der Waals surface area contributed by atoms with Crippen molar-refractivity contribution in [3.63, 3.8) is 0 Å². The zero-order valence-electron chi connectivity index (χ0n) is 9.93. The van der Waals surface area contributed by atoms with Crippen LogP contribution in [0.15, 0.2) is 24.3 Å². The van der Waals surface area contributed by atoms with E-state index in [9.17, 15) is 13.2 Å². The van der Waals surface area contributed by atoms with Gasteiger partial charge in [-0.3, -0.25) is 0 Å². The molecule has 1 nitrogen and oxygen atoms in total. The van der Waals surface area contributed by atoms with Crippen LogP contribution in [0.2, 0.25) is 0 Å². The Kier molecular flexibility index (Phi) is 2.94. The Morgan fingerprint density at radius 2 is 1.88 bits per heavy atom. The minimum Gasteiger partial charge on any atom is -0.228 e. The van der Waals surface area contributed by atoms with Gasteiger partial charge in [0.15, 0.2) is 0 Å². The van der Waals surface area contributed by atoms with Gasteiger partial charge in [0, 0.05) is 6.54 Å². The smallest absolute Gasteiger partial charge is 0.228 e. The molecule has 1 saturated carbocycles. The van der Waals surface area contributed by atoms with E-state index in [4.69, 9.17) is 0 Å². The van der Waals surface area contributed by atoms with E-state index in [0.29, 0.717) is 0 Å². The summed E-state index contributed by atoms with van der Waals surface area (Å²) in [4.78, 5) is 0. The largest absolute Gasteiger partial charge is 0.457 e. The van der Waals surface area contributed by atoms with E-state index in [1.165, 1.54) is 5.56 Å². The van der Waals surface area contributed by atoms with Gasteiger partial charge in [0.05, 0.1) is 0 Å². The van der Waals surface area contributed by atoms with E-state index in [0.717, 1.165) is 12.0 Å². The quantitative estimate of drug-likeness (QED) is 0.802. The number of alkyl halides is 3. The molecule has 1 aliphatic rings. The van der Waals surface area contributed by atoms with Crippen molar-refractivity contribution in [3.05, 3.63) is 35.4 Å². The van der Waals surface area contributed by atoms with E-state index in [-0.39, 0.29) is 17.9 Å². The molecule has 0 amide bonds. The number of rotatable bonds is 3. The Morgan fingerprint density at radius 3 is 2.41 bits per heavy atom. The molecule has 2 rings (SSSR count). The number of nitrogens with one attached hydrogen (secondary N) is 1. The Hall–Kier alpha value is -1.03. The van der Waals surface area contributed by atoms with Crippen molar-refractivity contribution in [2.75, 3.05) is 6.54 Å². The zero-order chi connectivity index (χ0) is 12.7. The highest BCUT2D eigenvalue weighted by Gasteiger charge is 2.51. The van der Waals surface area contributed by atoms with Crippen molar-refractivity contribution < 1.29 is 13.2 Å². The summed E-state index contributed by atoms with van der Waals surface area (Å²) in [6.07, 6.45) is -3.45. The topological polar surface area (TPSA) is 12.0 Å². The van der Waals surface area contributed by atoms with Crippen molar-refractivity contribution in [1.29, 1.82) is 0 Å². The van der Waals surface area contributed by atoms with Crippen LogP contribution < -0.4 is 5.32 Å². The fraction of sp³-hybridized carbons (Fsp3) is 0.538. The Bertz CT molecular complexity index is 396. The molecular weight excluding hydrogens is 227 g/mol. The van der Waals surface area contributed by atoms with Gasteiger partial charge in [0.1, 0.15) is 0 Å². The molecule has 1 fully saturated rings. The van der Waals surface area contributed by atoms with Crippen LogP contribution in [0.5, 0.6) is 0 Å². The SMILES string of the molecule is Cc1ccc(C2(C)CC2CNC(F)(F)F)cc1. The second-order valence-corrected chi connectivity index (χ2v) is 5.06. The maximum atomic E-state index is 12.0. The maximum absolute atomic E-state index is 12.0. The van der Waals surface area contributed by atoms with Gasteiger partial charge in [-0.2, -0.15) is 13.2 Å². The third-order valence-corrected chi connectivity index (χ3v) is 3.67. The molecule has 0 spiro atoms. The number of aryl methyl sites for hydroxylation is 1. The van der Waals surface area contributed by atoms with Crippen molar-refractivity contribution in [1.82, 2.24) is 5.32 Å². The first-order chi connectivity index (χ1) is 7.81. The van der Waals surface area contributed by atoms with Gasteiger partial charge in [-0.1, -0.05) is 36.8 Å². The monoisotopic (exact) mass is 243 g/mol. The summed E-state index contributed by atoms with van der Waals surface area (Å²) in [7, 11) is 0. The molecule has 94 valence electrons. The lowest BCUT2D eigenvalue weighted by Gasteiger charge is -2.13. The van der Waals surface area contributed by atoms with Crippen LogP contribution in [-0.4, -0.2) is 12.8 Å². The molecule has 0 radical (unpaired) electrons. The maximum Gasteiger partial charge on any atom is 0.457 e. The van der Waals surface area contributed by atoms with Crippen LogP contribution in [0.25, 0.3) is 0 Å². The Morgan fingerprint density at radius 1 is 1.29 bits per heavy atom. The lowest BCUT2D eigenvalue weighted by atomic mass is 9.94. The minimum atomic E-state index is -4.27. The van der Waals surface area contributed by atoms with Crippen LogP contribution in [0.3, 0.4) is 0 Å². The Balaban J connectivity index is 1.97. The van der Waals surface area contributed by atoms with E-state index in [1.54, 1.807) is 5.32 Å². The summed E-state index contributed by atoms with van der Waals surface area (Å²) in [5.74, 6) is 0.0758. The minimum absolute atomic E-state index is 0.00781. The number of hydrogen-bond acceptors (Lipinski definition) is 1. The van der Waals surface area contributed by atoms with Gasteiger partial charge in [-0.15, -0.1) is 0 Å². The predicted octanol–water partition coefficient (Wildman–Crippen LogP) is 3.38. The highest BCUT2D eigenvalue weighted by Crippen LogP contribution is 2.53. The molecule has 1 N–H and O–H groups in total. The lowest BCUT2D eigenvalue weighted by Crippen LogP contribution is -2.34. The van der Waals surface area contributed by atoms with Gasteiger partial charge in [0.25, 0.3) is 0 Å². The third-order valence-electron chi connectivity index (χ3n) is 3.67. The molecule has 0 heterocycles. The molecule has 1 aromatic rings. The van der Waals surface area contributed by atoms with Crippen molar-refractivity contribution in [2.24, 2.45) is 5.92 Å². The third kappa shape index (κ3) is 2.80. The van der Waals surface area contributed by atoms with E-state index >= 15 is 0 Å². The summed E-state index contributed by atoms with van der Waals surface area (Å²) >= 11 is 0. The molecule has 2 unspecified atom stereocenters. The summed E-state index contributed by atoms with van der Waals surface area (Å²) in [5.41, 5.74) is 2.21. The molecule has 0 aromatic heterocycles. The summed E-state index contributed by atoms with van der Waals surface area (Å²) in [6.45, 7) is 4.04. The number of halogens is 3. The first kappa shape index (κ1) is 12.4. The molecule has 0 saturated heterocycles. The highest BCUT2D eigenvalue weighted by atomic mass is 19.4. The fourth-order valence-electron chi connectivity index (χ4n) is 2.28. The van der Waals surface area contributed by atoms with Crippen LogP contribution >= 0.6 is 0 Å². The van der Waals surface area contributed by atoms with Crippen molar-refractivity contribution in [3.8, 4) is 0 Å². The van der Waals surface area contributed by atoms with Crippen molar-refractivity contribution >= 4 is 0 Å².